The van der Waals surface area contributed by atoms with Crippen molar-refractivity contribution < 1.29 is 4.79 Å². The maximum Gasteiger partial charge on any atom is 0.252 e. The predicted octanol–water partition coefficient (Wildman–Crippen LogP) is 1.08. The third-order valence-corrected chi connectivity index (χ3v) is 2.90. The SMILES string of the molecule is NC(=O)c1ccc(-c2ccc(N)cc2)n2ncnc12. The molecule has 0 aliphatic heterocycles. The van der Waals surface area contributed by atoms with E-state index in [1.54, 1.807) is 28.8 Å². The molecule has 0 aliphatic rings. The van der Waals surface area contributed by atoms with Crippen molar-refractivity contribution in [2.75, 3.05) is 5.73 Å². The third-order valence-electron chi connectivity index (χ3n) is 2.90. The van der Waals surface area contributed by atoms with Gasteiger partial charge in [-0.3, -0.25) is 4.79 Å². The molecule has 6 nitrogen and oxygen atoms in total. The topological polar surface area (TPSA) is 99.3 Å². The molecule has 3 aromatic rings. The Balaban J connectivity index is 2.26. The number of nitrogens with zero attached hydrogens (tertiary/aromatic N) is 3. The molecule has 0 fully saturated rings. The Morgan fingerprint density at radius 1 is 1.11 bits per heavy atom. The Bertz CT molecular complexity index is 760. The molecule has 0 bridgehead atoms. The molecule has 1 amide bonds. The van der Waals surface area contributed by atoms with Crippen LogP contribution < -0.4 is 11.5 Å². The van der Waals surface area contributed by atoms with Gasteiger partial charge in [-0.15, -0.1) is 0 Å². The normalized spacial score (nSPS) is 10.7. The van der Waals surface area contributed by atoms with Gasteiger partial charge in [-0.2, -0.15) is 5.10 Å². The van der Waals surface area contributed by atoms with Crippen molar-refractivity contribution in [3.8, 4) is 11.3 Å². The van der Waals surface area contributed by atoms with Gasteiger partial charge < -0.3 is 11.5 Å². The van der Waals surface area contributed by atoms with E-state index in [0.717, 1.165) is 11.3 Å². The van der Waals surface area contributed by atoms with Crippen molar-refractivity contribution in [3.05, 3.63) is 48.3 Å². The fraction of sp³-hybridized carbons (Fsp3) is 0. The summed E-state index contributed by atoms with van der Waals surface area (Å²) in [6.45, 7) is 0. The van der Waals surface area contributed by atoms with Gasteiger partial charge in [0, 0.05) is 11.3 Å². The molecule has 0 saturated heterocycles. The van der Waals surface area contributed by atoms with Crippen LogP contribution in [0.4, 0.5) is 5.69 Å². The van der Waals surface area contributed by atoms with Gasteiger partial charge in [0.15, 0.2) is 5.65 Å². The number of fused-ring (bicyclic) bond motifs is 1. The van der Waals surface area contributed by atoms with Crippen LogP contribution in [0, 0.1) is 0 Å². The summed E-state index contributed by atoms with van der Waals surface area (Å²) in [7, 11) is 0. The van der Waals surface area contributed by atoms with Crippen LogP contribution in [0.3, 0.4) is 0 Å². The Morgan fingerprint density at radius 3 is 2.53 bits per heavy atom. The fourth-order valence-corrected chi connectivity index (χ4v) is 1.97. The van der Waals surface area contributed by atoms with Gasteiger partial charge in [0.05, 0.1) is 11.3 Å². The van der Waals surface area contributed by atoms with E-state index in [0.29, 0.717) is 16.9 Å². The number of primary amides is 1. The van der Waals surface area contributed by atoms with Crippen LogP contribution in [-0.4, -0.2) is 20.5 Å². The van der Waals surface area contributed by atoms with E-state index in [1.807, 2.05) is 12.1 Å². The van der Waals surface area contributed by atoms with Crippen LogP contribution in [0.1, 0.15) is 10.4 Å². The average Bonchev–Trinajstić information content (AvgIpc) is 2.87. The highest BCUT2D eigenvalue weighted by molar-refractivity contribution is 5.99. The first kappa shape index (κ1) is 11.2. The van der Waals surface area contributed by atoms with Crippen LogP contribution in [-0.2, 0) is 0 Å². The highest BCUT2D eigenvalue weighted by Gasteiger charge is 2.12. The standard InChI is InChI=1S/C13H11N5O/c14-9-3-1-8(2-4-9)11-6-5-10(12(15)19)13-16-7-17-18(11)13/h1-7H,14H2,(H2,15,19). The van der Waals surface area contributed by atoms with E-state index < -0.39 is 5.91 Å². The van der Waals surface area contributed by atoms with Crippen LogP contribution >= 0.6 is 0 Å². The molecule has 2 aromatic heterocycles. The first-order valence-corrected chi connectivity index (χ1v) is 5.65. The number of anilines is 1. The zero-order valence-corrected chi connectivity index (χ0v) is 9.95. The molecule has 4 N–H and O–H groups in total. The van der Waals surface area contributed by atoms with Gasteiger partial charge in [-0.05, 0) is 24.3 Å². The first-order chi connectivity index (χ1) is 9.16. The first-order valence-electron chi connectivity index (χ1n) is 5.65. The fourth-order valence-electron chi connectivity index (χ4n) is 1.97. The van der Waals surface area contributed by atoms with Gasteiger partial charge in [-0.1, -0.05) is 12.1 Å². The van der Waals surface area contributed by atoms with Crippen LogP contribution in [0.2, 0.25) is 0 Å². The summed E-state index contributed by atoms with van der Waals surface area (Å²) in [5.74, 6) is -0.526. The minimum atomic E-state index is -0.526. The average molecular weight is 253 g/mol. The lowest BCUT2D eigenvalue weighted by Gasteiger charge is -2.06. The molecular weight excluding hydrogens is 242 g/mol. The second-order valence-corrected chi connectivity index (χ2v) is 4.11. The Labute approximate surface area is 108 Å². The summed E-state index contributed by atoms with van der Waals surface area (Å²) in [4.78, 5) is 15.4. The van der Waals surface area contributed by atoms with Crippen molar-refractivity contribution in [1.29, 1.82) is 0 Å². The van der Waals surface area contributed by atoms with Crippen molar-refractivity contribution in [1.82, 2.24) is 14.6 Å². The zero-order chi connectivity index (χ0) is 13.4. The van der Waals surface area contributed by atoms with E-state index in [-0.39, 0.29) is 0 Å². The quantitative estimate of drug-likeness (QED) is 0.667. The highest BCUT2D eigenvalue weighted by atomic mass is 16.1. The molecule has 94 valence electrons. The molecule has 0 atom stereocenters. The smallest absolute Gasteiger partial charge is 0.252 e. The lowest BCUT2D eigenvalue weighted by atomic mass is 10.1. The van der Waals surface area contributed by atoms with Crippen LogP contribution in [0.5, 0.6) is 0 Å². The number of carbonyl (C=O) groups excluding carboxylic acids is 1. The lowest BCUT2D eigenvalue weighted by Crippen LogP contribution is -2.13. The molecule has 0 aliphatic carbocycles. The highest BCUT2D eigenvalue weighted by Crippen LogP contribution is 2.22. The number of carbonyl (C=O) groups is 1. The summed E-state index contributed by atoms with van der Waals surface area (Å²) in [5.41, 5.74) is 14.2. The summed E-state index contributed by atoms with van der Waals surface area (Å²) in [6.07, 6.45) is 1.39. The maximum atomic E-state index is 11.3. The largest absolute Gasteiger partial charge is 0.399 e. The number of hydrogen-bond acceptors (Lipinski definition) is 4. The second-order valence-electron chi connectivity index (χ2n) is 4.11. The predicted molar refractivity (Wildman–Crippen MR) is 71.4 cm³/mol. The van der Waals surface area contributed by atoms with E-state index in [4.69, 9.17) is 11.5 Å². The number of rotatable bonds is 2. The molecule has 0 spiro atoms. The Hall–Kier alpha value is -2.89. The number of amides is 1. The van der Waals surface area contributed by atoms with E-state index in [9.17, 15) is 4.79 Å². The second kappa shape index (κ2) is 4.09. The zero-order valence-electron chi connectivity index (χ0n) is 9.95. The van der Waals surface area contributed by atoms with Gasteiger partial charge in [-0.25, -0.2) is 9.50 Å². The van der Waals surface area contributed by atoms with Crippen LogP contribution in [0.25, 0.3) is 16.9 Å². The number of pyridine rings is 1. The van der Waals surface area contributed by atoms with Crippen molar-refractivity contribution >= 4 is 17.2 Å². The van der Waals surface area contributed by atoms with Gasteiger partial charge >= 0.3 is 0 Å². The van der Waals surface area contributed by atoms with E-state index in [2.05, 4.69) is 10.1 Å². The number of nitrogens with two attached hydrogens (primary N) is 2. The monoisotopic (exact) mass is 253 g/mol. The number of aromatic nitrogens is 3. The molecule has 2 heterocycles. The molecule has 19 heavy (non-hydrogen) atoms. The molecule has 3 rings (SSSR count). The summed E-state index contributed by atoms with van der Waals surface area (Å²) >= 11 is 0. The molecular formula is C13H11N5O. The summed E-state index contributed by atoms with van der Waals surface area (Å²) in [5, 5.41) is 4.13. The maximum absolute atomic E-state index is 11.3. The van der Waals surface area contributed by atoms with Crippen molar-refractivity contribution in [2.24, 2.45) is 5.73 Å². The van der Waals surface area contributed by atoms with E-state index >= 15 is 0 Å². The summed E-state index contributed by atoms with van der Waals surface area (Å²) in [6, 6.07) is 10.8. The van der Waals surface area contributed by atoms with Crippen molar-refractivity contribution in [2.45, 2.75) is 0 Å². The Kier molecular flexibility index (Phi) is 2.42. The van der Waals surface area contributed by atoms with Gasteiger partial charge in [0.25, 0.3) is 5.91 Å². The van der Waals surface area contributed by atoms with Crippen molar-refractivity contribution in [3.63, 3.8) is 0 Å². The molecule has 1 aromatic carbocycles. The Morgan fingerprint density at radius 2 is 1.84 bits per heavy atom. The van der Waals surface area contributed by atoms with Gasteiger partial charge in [0.2, 0.25) is 0 Å². The number of nitrogen functional groups attached to an aromatic ring is 1. The third kappa shape index (κ3) is 1.79. The lowest BCUT2D eigenvalue weighted by molar-refractivity contribution is 0.100. The number of hydrogen-bond donors (Lipinski definition) is 2. The summed E-state index contributed by atoms with van der Waals surface area (Å²) < 4.78 is 1.59. The molecule has 0 radical (unpaired) electrons. The van der Waals surface area contributed by atoms with E-state index in [1.165, 1.54) is 6.33 Å². The molecule has 0 unspecified atom stereocenters. The molecule has 6 heteroatoms. The van der Waals surface area contributed by atoms with Crippen LogP contribution in [0.15, 0.2) is 42.7 Å². The minimum Gasteiger partial charge on any atom is -0.399 e. The minimum absolute atomic E-state index is 0.344. The molecule has 0 saturated carbocycles. The number of benzene rings is 1. The van der Waals surface area contributed by atoms with Gasteiger partial charge in [0.1, 0.15) is 6.33 Å².